The molecule has 0 fully saturated rings. The van der Waals surface area contributed by atoms with Crippen molar-refractivity contribution in [2.24, 2.45) is 0 Å². The molecule has 0 unspecified atom stereocenters. The van der Waals surface area contributed by atoms with Gasteiger partial charge in [0.05, 0.1) is 16.2 Å². The van der Waals surface area contributed by atoms with E-state index in [1.54, 1.807) is 18.3 Å². The third-order valence-electron chi connectivity index (χ3n) is 4.23. The van der Waals surface area contributed by atoms with Crippen LogP contribution in [0.4, 0.5) is 5.69 Å². The molecule has 25 heavy (non-hydrogen) atoms. The summed E-state index contributed by atoms with van der Waals surface area (Å²) in [5, 5.41) is 13.8. The molecule has 0 saturated carbocycles. The Balaban J connectivity index is 1.74. The second-order valence-electron chi connectivity index (χ2n) is 5.82. The lowest BCUT2D eigenvalue weighted by atomic mass is 10.1. The van der Waals surface area contributed by atoms with Crippen molar-refractivity contribution in [1.82, 2.24) is 15.3 Å². The number of amides is 1. The number of aromatic nitrogens is 2. The zero-order valence-corrected chi connectivity index (χ0v) is 13.2. The molecule has 1 aliphatic heterocycles. The van der Waals surface area contributed by atoms with Gasteiger partial charge in [0.15, 0.2) is 0 Å². The number of pyridine rings is 1. The molecular weight excluding hydrogens is 320 g/mol. The number of nitro groups is 1. The number of nitrogens with one attached hydrogen (secondary N) is 2. The SMILES string of the molecule is O=C1NCCc2[nH]c(-c3ccnc(-c4cccc([N+](=O)[O-])c4)c3)cc21. The fraction of sp³-hybridized carbons (Fsp3) is 0.111. The average molecular weight is 334 g/mol. The molecule has 0 saturated heterocycles. The van der Waals surface area contributed by atoms with Gasteiger partial charge in [-0.2, -0.15) is 0 Å². The molecule has 124 valence electrons. The van der Waals surface area contributed by atoms with Gasteiger partial charge in [-0.05, 0) is 18.2 Å². The standard InChI is InChI=1S/C18H14N4O3/c23-18-14-10-17(21-15(14)5-7-20-18)12-4-6-19-16(9-12)11-2-1-3-13(8-11)22(24)25/h1-4,6,8-10,21H,5,7H2,(H,20,23). The monoisotopic (exact) mass is 334 g/mol. The van der Waals surface area contributed by atoms with E-state index in [0.717, 1.165) is 23.4 Å². The first-order valence-electron chi connectivity index (χ1n) is 7.83. The van der Waals surface area contributed by atoms with Crippen LogP contribution in [0.15, 0.2) is 48.7 Å². The number of hydrogen-bond donors (Lipinski definition) is 2. The van der Waals surface area contributed by atoms with Crippen molar-refractivity contribution >= 4 is 11.6 Å². The van der Waals surface area contributed by atoms with Crippen molar-refractivity contribution in [2.75, 3.05) is 6.54 Å². The second kappa shape index (κ2) is 5.86. The topological polar surface area (TPSA) is 101 Å². The van der Waals surface area contributed by atoms with Gasteiger partial charge in [0, 0.05) is 53.8 Å². The normalized spacial score (nSPS) is 13.2. The van der Waals surface area contributed by atoms with Crippen molar-refractivity contribution in [3.8, 4) is 22.5 Å². The smallest absolute Gasteiger partial charge is 0.270 e. The molecule has 7 heteroatoms. The summed E-state index contributed by atoms with van der Waals surface area (Å²) >= 11 is 0. The first-order chi connectivity index (χ1) is 12.1. The lowest BCUT2D eigenvalue weighted by Gasteiger charge is -2.10. The van der Waals surface area contributed by atoms with Gasteiger partial charge in [0.25, 0.3) is 11.6 Å². The van der Waals surface area contributed by atoms with Crippen molar-refractivity contribution in [2.45, 2.75) is 6.42 Å². The Hall–Kier alpha value is -3.48. The van der Waals surface area contributed by atoms with Crippen molar-refractivity contribution in [3.63, 3.8) is 0 Å². The van der Waals surface area contributed by atoms with Crippen molar-refractivity contribution in [1.29, 1.82) is 0 Å². The van der Waals surface area contributed by atoms with Crippen LogP contribution < -0.4 is 5.32 Å². The number of fused-ring (bicyclic) bond motifs is 1. The minimum Gasteiger partial charge on any atom is -0.358 e. The Bertz CT molecular complexity index is 993. The second-order valence-corrected chi connectivity index (χ2v) is 5.82. The van der Waals surface area contributed by atoms with Gasteiger partial charge in [-0.3, -0.25) is 19.9 Å². The van der Waals surface area contributed by atoms with Gasteiger partial charge >= 0.3 is 0 Å². The Kier molecular flexibility index (Phi) is 3.53. The molecule has 1 aliphatic rings. The van der Waals surface area contributed by atoms with Gasteiger partial charge in [-0.25, -0.2) is 0 Å². The molecule has 2 aromatic heterocycles. The van der Waals surface area contributed by atoms with Crippen LogP contribution in [0.2, 0.25) is 0 Å². The maximum atomic E-state index is 11.9. The highest BCUT2D eigenvalue weighted by molar-refractivity contribution is 5.97. The Morgan fingerprint density at radius 3 is 2.80 bits per heavy atom. The molecule has 3 heterocycles. The predicted octanol–water partition coefficient (Wildman–Crippen LogP) is 2.94. The van der Waals surface area contributed by atoms with E-state index >= 15 is 0 Å². The average Bonchev–Trinajstić information content (AvgIpc) is 3.08. The zero-order valence-electron chi connectivity index (χ0n) is 13.2. The van der Waals surface area contributed by atoms with Crippen LogP contribution in [0.1, 0.15) is 16.1 Å². The fourth-order valence-electron chi connectivity index (χ4n) is 2.98. The van der Waals surface area contributed by atoms with Crippen LogP contribution >= 0.6 is 0 Å². The highest BCUT2D eigenvalue weighted by Crippen LogP contribution is 2.28. The van der Waals surface area contributed by atoms with Crippen molar-refractivity contribution in [3.05, 3.63) is 70.0 Å². The van der Waals surface area contributed by atoms with E-state index in [-0.39, 0.29) is 11.6 Å². The molecule has 0 bridgehead atoms. The number of rotatable bonds is 3. The van der Waals surface area contributed by atoms with Crippen LogP contribution in [0.25, 0.3) is 22.5 Å². The summed E-state index contributed by atoms with van der Waals surface area (Å²) in [6, 6.07) is 11.9. The summed E-state index contributed by atoms with van der Waals surface area (Å²) in [7, 11) is 0. The number of nitrogens with zero attached hydrogens (tertiary/aromatic N) is 2. The Labute approximate surface area is 142 Å². The molecule has 3 aromatic rings. The van der Waals surface area contributed by atoms with Gasteiger partial charge < -0.3 is 10.3 Å². The molecule has 0 spiro atoms. The first kappa shape index (κ1) is 15.1. The van der Waals surface area contributed by atoms with Crippen LogP contribution in [0, 0.1) is 10.1 Å². The number of aromatic amines is 1. The lowest BCUT2D eigenvalue weighted by Crippen LogP contribution is -2.31. The van der Waals surface area contributed by atoms with Crippen LogP contribution in [0.5, 0.6) is 0 Å². The summed E-state index contributed by atoms with van der Waals surface area (Å²) in [6.45, 7) is 0.626. The number of carbonyl (C=O) groups is 1. The minimum atomic E-state index is -0.426. The maximum absolute atomic E-state index is 11.9. The maximum Gasteiger partial charge on any atom is 0.270 e. The van der Waals surface area contributed by atoms with Gasteiger partial charge in [-0.15, -0.1) is 0 Å². The van der Waals surface area contributed by atoms with E-state index in [1.807, 2.05) is 18.2 Å². The summed E-state index contributed by atoms with van der Waals surface area (Å²) in [6.07, 6.45) is 2.42. The van der Waals surface area contributed by atoms with E-state index in [1.165, 1.54) is 12.1 Å². The molecule has 1 aromatic carbocycles. The number of H-pyrrole nitrogens is 1. The third kappa shape index (κ3) is 2.76. The van der Waals surface area contributed by atoms with Crippen molar-refractivity contribution < 1.29 is 9.72 Å². The number of benzene rings is 1. The van der Waals surface area contributed by atoms with Crippen LogP contribution in [-0.2, 0) is 6.42 Å². The molecule has 0 atom stereocenters. The molecule has 0 radical (unpaired) electrons. The molecule has 1 amide bonds. The fourth-order valence-corrected chi connectivity index (χ4v) is 2.98. The minimum absolute atomic E-state index is 0.0247. The Morgan fingerprint density at radius 2 is 2.00 bits per heavy atom. The molecule has 4 rings (SSSR count). The number of hydrogen-bond acceptors (Lipinski definition) is 4. The largest absolute Gasteiger partial charge is 0.358 e. The van der Waals surface area contributed by atoms with E-state index < -0.39 is 4.92 Å². The van der Waals surface area contributed by atoms with Gasteiger partial charge in [0.1, 0.15) is 0 Å². The molecule has 7 nitrogen and oxygen atoms in total. The number of carbonyl (C=O) groups excluding carboxylic acids is 1. The lowest BCUT2D eigenvalue weighted by molar-refractivity contribution is -0.384. The first-order valence-corrected chi connectivity index (χ1v) is 7.83. The van der Waals surface area contributed by atoms with Crippen LogP contribution in [-0.4, -0.2) is 27.3 Å². The van der Waals surface area contributed by atoms with E-state index in [2.05, 4.69) is 15.3 Å². The molecular formula is C18H14N4O3. The van der Waals surface area contributed by atoms with Gasteiger partial charge in [0.2, 0.25) is 0 Å². The van der Waals surface area contributed by atoms with E-state index in [9.17, 15) is 14.9 Å². The highest BCUT2D eigenvalue weighted by Gasteiger charge is 2.20. The van der Waals surface area contributed by atoms with E-state index in [4.69, 9.17) is 0 Å². The van der Waals surface area contributed by atoms with Crippen LogP contribution in [0.3, 0.4) is 0 Å². The third-order valence-corrected chi connectivity index (χ3v) is 4.23. The number of nitro benzene ring substituents is 1. The quantitative estimate of drug-likeness (QED) is 0.568. The molecule has 2 N–H and O–H groups in total. The van der Waals surface area contributed by atoms with E-state index in [0.29, 0.717) is 23.4 Å². The summed E-state index contributed by atoms with van der Waals surface area (Å²) in [4.78, 5) is 30.1. The highest BCUT2D eigenvalue weighted by atomic mass is 16.6. The number of non-ortho nitro benzene ring substituents is 1. The zero-order chi connectivity index (χ0) is 17.4. The predicted molar refractivity (Wildman–Crippen MR) is 92.2 cm³/mol. The molecule has 0 aliphatic carbocycles. The summed E-state index contributed by atoms with van der Waals surface area (Å²) < 4.78 is 0. The summed E-state index contributed by atoms with van der Waals surface area (Å²) in [5.74, 6) is -0.0725. The Morgan fingerprint density at radius 1 is 1.12 bits per heavy atom. The summed E-state index contributed by atoms with van der Waals surface area (Å²) in [5.41, 5.74) is 4.62. The van der Waals surface area contributed by atoms with Gasteiger partial charge in [-0.1, -0.05) is 12.1 Å².